The molecule has 2 rings (SSSR count). The third kappa shape index (κ3) is 4.66. The lowest BCUT2D eigenvalue weighted by Crippen LogP contribution is -2.26. The first kappa shape index (κ1) is 14.6. The Labute approximate surface area is 117 Å². The fourth-order valence-corrected chi connectivity index (χ4v) is 2.52. The summed E-state index contributed by atoms with van der Waals surface area (Å²) in [5.41, 5.74) is 1.28. The number of nitrogens with zero attached hydrogens (tertiary/aromatic N) is 1. The molecule has 19 heavy (non-hydrogen) atoms. The zero-order chi connectivity index (χ0) is 13.7. The van der Waals surface area contributed by atoms with Crippen LogP contribution in [-0.4, -0.2) is 24.5 Å². The van der Waals surface area contributed by atoms with Crippen molar-refractivity contribution in [1.82, 2.24) is 10.2 Å². The van der Waals surface area contributed by atoms with E-state index >= 15 is 0 Å². The molecule has 1 aromatic heterocycles. The second-order valence-electron chi connectivity index (χ2n) is 5.78. The van der Waals surface area contributed by atoms with Crippen LogP contribution >= 0.6 is 0 Å². The van der Waals surface area contributed by atoms with Gasteiger partial charge < -0.3 is 9.73 Å². The highest BCUT2D eigenvalue weighted by Gasteiger charge is 2.24. The number of furan rings is 1. The van der Waals surface area contributed by atoms with Crippen LogP contribution in [0.4, 0.5) is 0 Å². The molecule has 0 unspecified atom stereocenters. The van der Waals surface area contributed by atoms with Gasteiger partial charge in [0, 0.05) is 6.54 Å². The summed E-state index contributed by atoms with van der Waals surface area (Å²) >= 11 is 0. The minimum absolute atomic E-state index is 0.846. The van der Waals surface area contributed by atoms with Gasteiger partial charge in [0.25, 0.3) is 0 Å². The van der Waals surface area contributed by atoms with E-state index in [1.54, 1.807) is 0 Å². The van der Waals surface area contributed by atoms with Crippen LogP contribution in [0.25, 0.3) is 0 Å². The summed E-state index contributed by atoms with van der Waals surface area (Å²) < 4.78 is 5.99. The SMILES string of the molecule is CCCN(Cc1cc(C)c(CNCC)o1)CC1CC1. The number of rotatable bonds is 9. The molecule has 1 aliphatic carbocycles. The van der Waals surface area contributed by atoms with Gasteiger partial charge in [0.1, 0.15) is 11.5 Å². The minimum Gasteiger partial charge on any atom is -0.463 e. The Hall–Kier alpha value is -0.800. The van der Waals surface area contributed by atoms with Gasteiger partial charge in [-0.1, -0.05) is 13.8 Å². The first-order valence-electron chi connectivity index (χ1n) is 7.74. The van der Waals surface area contributed by atoms with Crippen LogP contribution < -0.4 is 5.32 Å². The molecule has 0 aromatic carbocycles. The van der Waals surface area contributed by atoms with Gasteiger partial charge in [-0.2, -0.15) is 0 Å². The third-order valence-electron chi connectivity index (χ3n) is 3.74. The van der Waals surface area contributed by atoms with Crippen LogP contribution in [0.1, 0.15) is 50.2 Å². The Balaban J connectivity index is 1.91. The summed E-state index contributed by atoms with van der Waals surface area (Å²) in [7, 11) is 0. The van der Waals surface area contributed by atoms with E-state index in [1.807, 2.05) is 0 Å². The molecule has 0 spiro atoms. The smallest absolute Gasteiger partial charge is 0.120 e. The average Bonchev–Trinajstić information content (AvgIpc) is 3.11. The highest BCUT2D eigenvalue weighted by Crippen LogP contribution is 2.30. The molecule has 1 aromatic rings. The highest BCUT2D eigenvalue weighted by molar-refractivity contribution is 5.20. The highest BCUT2D eigenvalue weighted by atomic mass is 16.3. The second-order valence-corrected chi connectivity index (χ2v) is 5.78. The lowest BCUT2D eigenvalue weighted by atomic mass is 10.2. The number of aryl methyl sites for hydroxylation is 1. The minimum atomic E-state index is 0.846. The maximum Gasteiger partial charge on any atom is 0.120 e. The molecule has 1 aliphatic rings. The maximum atomic E-state index is 5.99. The number of nitrogens with one attached hydrogen (secondary N) is 1. The van der Waals surface area contributed by atoms with Crippen LogP contribution in [-0.2, 0) is 13.1 Å². The zero-order valence-electron chi connectivity index (χ0n) is 12.7. The van der Waals surface area contributed by atoms with Gasteiger partial charge in [-0.25, -0.2) is 0 Å². The van der Waals surface area contributed by atoms with Crippen LogP contribution in [0.15, 0.2) is 10.5 Å². The molecule has 1 heterocycles. The normalized spacial score (nSPS) is 15.4. The van der Waals surface area contributed by atoms with Crippen molar-refractivity contribution >= 4 is 0 Å². The van der Waals surface area contributed by atoms with Crippen LogP contribution in [0.3, 0.4) is 0 Å². The lowest BCUT2D eigenvalue weighted by Gasteiger charge is -2.20. The quantitative estimate of drug-likeness (QED) is 0.741. The van der Waals surface area contributed by atoms with E-state index in [1.165, 1.54) is 37.9 Å². The Bertz CT molecular complexity index is 382. The zero-order valence-corrected chi connectivity index (χ0v) is 12.7. The van der Waals surface area contributed by atoms with Crippen molar-refractivity contribution in [3.05, 3.63) is 23.2 Å². The molecular weight excluding hydrogens is 236 g/mol. The Morgan fingerprint density at radius 2 is 2.16 bits per heavy atom. The Kier molecular flexibility index (Phi) is 5.46. The molecule has 1 N–H and O–H groups in total. The first-order chi connectivity index (χ1) is 9.22. The van der Waals surface area contributed by atoms with Gasteiger partial charge in [0.15, 0.2) is 0 Å². The van der Waals surface area contributed by atoms with E-state index in [9.17, 15) is 0 Å². The molecule has 3 heteroatoms. The summed E-state index contributed by atoms with van der Waals surface area (Å²) in [4.78, 5) is 2.55. The second kappa shape index (κ2) is 7.11. The van der Waals surface area contributed by atoms with Gasteiger partial charge in [-0.3, -0.25) is 4.90 Å². The van der Waals surface area contributed by atoms with Gasteiger partial charge in [0.05, 0.1) is 13.1 Å². The van der Waals surface area contributed by atoms with Crippen molar-refractivity contribution in [2.75, 3.05) is 19.6 Å². The number of hydrogen-bond donors (Lipinski definition) is 1. The van der Waals surface area contributed by atoms with E-state index < -0.39 is 0 Å². The molecule has 3 nitrogen and oxygen atoms in total. The topological polar surface area (TPSA) is 28.4 Å². The predicted molar refractivity (Wildman–Crippen MR) is 79.1 cm³/mol. The van der Waals surface area contributed by atoms with Gasteiger partial charge in [-0.05, 0) is 56.8 Å². The van der Waals surface area contributed by atoms with E-state index in [4.69, 9.17) is 4.42 Å². The number of hydrogen-bond acceptors (Lipinski definition) is 3. The van der Waals surface area contributed by atoms with Crippen LogP contribution in [0.5, 0.6) is 0 Å². The Morgan fingerprint density at radius 3 is 2.79 bits per heavy atom. The molecule has 108 valence electrons. The van der Waals surface area contributed by atoms with E-state index in [-0.39, 0.29) is 0 Å². The van der Waals surface area contributed by atoms with E-state index in [0.717, 1.165) is 37.1 Å². The summed E-state index contributed by atoms with van der Waals surface area (Å²) in [5, 5.41) is 3.33. The van der Waals surface area contributed by atoms with Crippen molar-refractivity contribution in [2.45, 2.75) is 53.1 Å². The fourth-order valence-electron chi connectivity index (χ4n) is 2.52. The molecular formula is C16H28N2O. The first-order valence-corrected chi connectivity index (χ1v) is 7.74. The molecule has 0 aliphatic heterocycles. The largest absolute Gasteiger partial charge is 0.463 e. The van der Waals surface area contributed by atoms with E-state index in [0.29, 0.717) is 0 Å². The van der Waals surface area contributed by atoms with Crippen molar-refractivity contribution in [3.8, 4) is 0 Å². The molecule has 0 radical (unpaired) electrons. The van der Waals surface area contributed by atoms with E-state index in [2.05, 4.69) is 37.1 Å². The standard InChI is InChI=1S/C16H28N2O/c1-4-8-18(11-14-6-7-14)12-15-9-13(3)16(19-15)10-17-5-2/h9,14,17H,4-8,10-12H2,1-3H3. The van der Waals surface area contributed by atoms with Gasteiger partial charge in [-0.15, -0.1) is 0 Å². The molecule has 0 atom stereocenters. The van der Waals surface area contributed by atoms with Gasteiger partial charge >= 0.3 is 0 Å². The van der Waals surface area contributed by atoms with Crippen molar-refractivity contribution in [1.29, 1.82) is 0 Å². The summed E-state index contributed by atoms with van der Waals surface area (Å²) in [5.74, 6) is 3.17. The Morgan fingerprint density at radius 1 is 1.37 bits per heavy atom. The molecule has 1 saturated carbocycles. The monoisotopic (exact) mass is 264 g/mol. The average molecular weight is 264 g/mol. The van der Waals surface area contributed by atoms with Gasteiger partial charge in [0.2, 0.25) is 0 Å². The van der Waals surface area contributed by atoms with Crippen LogP contribution in [0.2, 0.25) is 0 Å². The summed E-state index contributed by atoms with van der Waals surface area (Å²) in [6.45, 7) is 11.7. The van der Waals surface area contributed by atoms with Crippen LogP contribution in [0, 0.1) is 12.8 Å². The van der Waals surface area contributed by atoms with Crippen molar-refractivity contribution < 1.29 is 4.42 Å². The molecule has 0 saturated heterocycles. The predicted octanol–water partition coefficient (Wildman–Crippen LogP) is 3.32. The third-order valence-corrected chi connectivity index (χ3v) is 3.74. The molecule has 1 fully saturated rings. The molecule has 0 amide bonds. The van der Waals surface area contributed by atoms with Crippen molar-refractivity contribution in [3.63, 3.8) is 0 Å². The van der Waals surface area contributed by atoms with Crippen molar-refractivity contribution in [2.24, 2.45) is 5.92 Å². The summed E-state index contributed by atoms with van der Waals surface area (Å²) in [6, 6.07) is 2.21. The maximum absolute atomic E-state index is 5.99. The fraction of sp³-hybridized carbons (Fsp3) is 0.750. The summed E-state index contributed by atoms with van der Waals surface area (Å²) in [6.07, 6.45) is 4.06. The molecule has 0 bridgehead atoms. The lowest BCUT2D eigenvalue weighted by molar-refractivity contribution is 0.232.